The first-order chi connectivity index (χ1) is 7.65. The van der Waals surface area contributed by atoms with Crippen LogP contribution in [-0.2, 0) is 0 Å². The molecule has 6 nitrogen and oxygen atoms in total. The van der Waals surface area contributed by atoms with Crippen LogP contribution in [-0.4, -0.2) is 42.1 Å². The van der Waals surface area contributed by atoms with Crippen LogP contribution < -0.4 is 16.0 Å². The molecule has 0 saturated heterocycles. The van der Waals surface area contributed by atoms with E-state index in [1.807, 2.05) is 11.8 Å². The maximum absolute atomic E-state index is 11.6. The van der Waals surface area contributed by atoms with E-state index in [4.69, 9.17) is 10.8 Å². The van der Waals surface area contributed by atoms with Gasteiger partial charge in [0.1, 0.15) is 10.6 Å². The summed E-state index contributed by atoms with van der Waals surface area (Å²) in [6, 6.07) is 0. The summed E-state index contributed by atoms with van der Waals surface area (Å²) in [5.41, 5.74) is 6.05. The smallest absolute Gasteiger partial charge is 0.257 e. The molecule has 1 aromatic heterocycles. The largest absolute Gasteiger partial charge is 0.395 e. The summed E-state index contributed by atoms with van der Waals surface area (Å²) in [6.07, 6.45) is 0. The third-order valence-corrected chi connectivity index (χ3v) is 3.12. The highest BCUT2D eigenvalue weighted by atomic mass is 32.1. The van der Waals surface area contributed by atoms with Crippen molar-refractivity contribution in [3.63, 3.8) is 0 Å². The zero-order valence-corrected chi connectivity index (χ0v) is 10.2. The first kappa shape index (κ1) is 12.7. The number of carbonyl (C=O) groups excluding carboxylic acids is 1. The molecule has 7 heteroatoms. The summed E-state index contributed by atoms with van der Waals surface area (Å²) in [6.45, 7) is 3.12. The van der Waals surface area contributed by atoms with Gasteiger partial charge in [0.25, 0.3) is 5.91 Å². The van der Waals surface area contributed by atoms with Gasteiger partial charge in [-0.1, -0.05) is 0 Å². The van der Waals surface area contributed by atoms with Crippen LogP contribution in [0.15, 0.2) is 0 Å². The quantitative estimate of drug-likeness (QED) is 0.673. The van der Waals surface area contributed by atoms with Crippen LogP contribution in [0, 0.1) is 0 Å². The summed E-state index contributed by atoms with van der Waals surface area (Å²) in [5.74, 6) is -0.0200. The summed E-state index contributed by atoms with van der Waals surface area (Å²) in [5, 5.41) is 12.2. The van der Waals surface area contributed by atoms with Crippen molar-refractivity contribution in [1.29, 1.82) is 0 Å². The Hall–Kier alpha value is -1.34. The summed E-state index contributed by atoms with van der Waals surface area (Å²) < 4.78 is 3.97. The topological polar surface area (TPSA) is 91.5 Å². The highest BCUT2D eigenvalue weighted by Crippen LogP contribution is 2.30. The van der Waals surface area contributed by atoms with Gasteiger partial charge in [-0.15, -0.1) is 0 Å². The number of rotatable bonds is 5. The number of nitrogens with one attached hydrogen (secondary N) is 1. The minimum atomic E-state index is -0.252. The number of aliphatic hydroxyl groups is 1. The molecule has 0 aliphatic carbocycles. The first-order valence-corrected chi connectivity index (χ1v) is 5.76. The number of hydrogen-bond acceptors (Lipinski definition) is 6. The zero-order chi connectivity index (χ0) is 12.1. The monoisotopic (exact) mass is 244 g/mol. The second-order valence-electron chi connectivity index (χ2n) is 3.13. The first-order valence-electron chi connectivity index (χ1n) is 4.98. The van der Waals surface area contributed by atoms with Gasteiger partial charge in [-0.3, -0.25) is 4.79 Å². The Bertz CT molecular complexity index is 366. The second kappa shape index (κ2) is 5.66. The van der Waals surface area contributed by atoms with Crippen LogP contribution in [0.3, 0.4) is 0 Å². The number of nitrogen functional groups attached to an aromatic ring is 1. The molecule has 1 aromatic rings. The molecule has 16 heavy (non-hydrogen) atoms. The van der Waals surface area contributed by atoms with Crippen molar-refractivity contribution < 1.29 is 9.90 Å². The molecule has 4 N–H and O–H groups in total. The van der Waals surface area contributed by atoms with Crippen LogP contribution in [0.2, 0.25) is 0 Å². The van der Waals surface area contributed by atoms with Gasteiger partial charge >= 0.3 is 0 Å². The summed E-state index contributed by atoms with van der Waals surface area (Å²) in [7, 11) is 1.55. The third kappa shape index (κ3) is 2.42. The normalized spacial score (nSPS) is 10.2. The Morgan fingerprint density at radius 3 is 2.88 bits per heavy atom. The number of hydrogen-bond donors (Lipinski definition) is 3. The Morgan fingerprint density at radius 2 is 2.38 bits per heavy atom. The molecule has 0 saturated carbocycles. The fourth-order valence-electron chi connectivity index (χ4n) is 1.37. The molecule has 1 amide bonds. The maximum Gasteiger partial charge on any atom is 0.257 e. The molecule has 0 spiro atoms. The van der Waals surface area contributed by atoms with E-state index in [-0.39, 0.29) is 18.3 Å². The fourth-order valence-corrected chi connectivity index (χ4v) is 2.27. The Balaban J connectivity index is 3.07. The molecule has 0 aliphatic heterocycles. The highest BCUT2D eigenvalue weighted by Gasteiger charge is 2.21. The number of carbonyl (C=O) groups is 1. The number of aromatic nitrogens is 1. The van der Waals surface area contributed by atoms with Crippen LogP contribution in [0.25, 0.3) is 0 Å². The number of aliphatic hydroxyl groups excluding tert-OH is 1. The molecule has 0 fully saturated rings. The fraction of sp³-hybridized carbons (Fsp3) is 0.556. The molecule has 0 radical (unpaired) electrons. The number of likely N-dealkylation sites (N-methyl/N-ethyl adjacent to an activating group) is 1. The van der Waals surface area contributed by atoms with Crippen LogP contribution in [0.4, 0.5) is 10.8 Å². The SMILES string of the molecule is CCN(CCO)c1snc(N)c1C(=O)NC. The molecule has 0 aliphatic rings. The van der Waals surface area contributed by atoms with Crippen molar-refractivity contribution in [2.75, 3.05) is 37.4 Å². The van der Waals surface area contributed by atoms with Gasteiger partial charge in [0.2, 0.25) is 0 Å². The van der Waals surface area contributed by atoms with Crippen LogP contribution >= 0.6 is 11.5 Å². The van der Waals surface area contributed by atoms with Crippen molar-refractivity contribution in [2.45, 2.75) is 6.92 Å². The van der Waals surface area contributed by atoms with Crippen LogP contribution in [0.5, 0.6) is 0 Å². The number of nitrogens with two attached hydrogens (primary N) is 1. The lowest BCUT2D eigenvalue weighted by molar-refractivity contribution is 0.0964. The van der Waals surface area contributed by atoms with E-state index in [1.165, 1.54) is 11.5 Å². The molecular formula is C9H16N4O2S. The summed E-state index contributed by atoms with van der Waals surface area (Å²) >= 11 is 1.17. The van der Waals surface area contributed by atoms with Gasteiger partial charge in [0.15, 0.2) is 5.82 Å². The standard InChI is InChI=1S/C9H16N4O2S/c1-3-13(4-5-14)9-6(8(15)11-2)7(10)12-16-9/h14H,3-5H2,1-2H3,(H2,10,12)(H,11,15). The van der Waals surface area contributed by atoms with E-state index in [0.29, 0.717) is 23.7 Å². The van der Waals surface area contributed by atoms with Gasteiger partial charge < -0.3 is 21.1 Å². The zero-order valence-electron chi connectivity index (χ0n) is 9.36. The van der Waals surface area contributed by atoms with Gasteiger partial charge in [0, 0.05) is 20.1 Å². The summed E-state index contributed by atoms with van der Waals surface area (Å²) in [4.78, 5) is 13.5. The number of nitrogens with zero attached hydrogens (tertiary/aromatic N) is 2. The minimum absolute atomic E-state index is 0.0266. The average Bonchev–Trinajstić information content (AvgIpc) is 2.67. The maximum atomic E-state index is 11.6. The Labute approximate surface area is 98.2 Å². The third-order valence-electron chi connectivity index (χ3n) is 2.19. The Kier molecular flexibility index (Phi) is 4.51. The van der Waals surface area contributed by atoms with E-state index in [0.717, 1.165) is 0 Å². The molecule has 0 unspecified atom stereocenters. The van der Waals surface area contributed by atoms with E-state index >= 15 is 0 Å². The average molecular weight is 244 g/mol. The molecule has 1 rings (SSSR count). The molecule has 90 valence electrons. The Morgan fingerprint density at radius 1 is 1.69 bits per heavy atom. The molecule has 0 aromatic carbocycles. The molecule has 0 atom stereocenters. The predicted molar refractivity (Wildman–Crippen MR) is 64.9 cm³/mol. The van der Waals surface area contributed by atoms with E-state index in [2.05, 4.69) is 9.69 Å². The van der Waals surface area contributed by atoms with Crippen LogP contribution in [0.1, 0.15) is 17.3 Å². The van der Waals surface area contributed by atoms with Crippen molar-refractivity contribution in [2.24, 2.45) is 0 Å². The van der Waals surface area contributed by atoms with Crippen molar-refractivity contribution in [3.05, 3.63) is 5.56 Å². The predicted octanol–water partition coefficient (Wildman–Crippen LogP) is -0.0965. The molecular weight excluding hydrogens is 228 g/mol. The van der Waals surface area contributed by atoms with Crippen molar-refractivity contribution in [1.82, 2.24) is 9.69 Å². The van der Waals surface area contributed by atoms with Gasteiger partial charge in [-0.2, -0.15) is 4.37 Å². The van der Waals surface area contributed by atoms with Crippen molar-refractivity contribution >= 4 is 28.3 Å². The van der Waals surface area contributed by atoms with E-state index in [9.17, 15) is 4.79 Å². The van der Waals surface area contributed by atoms with Gasteiger partial charge in [-0.25, -0.2) is 0 Å². The number of anilines is 2. The molecule has 0 bridgehead atoms. The van der Waals surface area contributed by atoms with Crippen molar-refractivity contribution in [3.8, 4) is 0 Å². The number of amides is 1. The van der Waals surface area contributed by atoms with E-state index in [1.54, 1.807) is 7.05 Å². The highest BCUT2D eigenvalue weighted by molar-refractivity contribution is 7.11. The lowest BCUT2D eigenvalue weighted by Gasteiger charge is -2.20. The molecule has 1 heterocycles. The lowest BCUT2D eigenvalue weighted by Crippen LogP contribution is -2.28. The second-order valence-corrected chi connectivity index (χ2v) is 3.88. The van der Waals surface area contributed by atoms with Gasteiger partial charge in [0.05, 0.1) is 6.61 Å². The van der Waals surface area contributed by atoms with E-state index < -0.39 is 0 Å². The minimum Gasteiger partial charge on any atom is -0.395 e. The lowest BCUT2D eigenvalue weighted by atomic mass is 10.2. The van der Waals surface area contributed by atoms with Gasteiger partial charge in [-0.05, 0) is 18.5 Å².